The summed E-state index contributed by atoms with van der Waals surface area (Å²) in [5, 5.41) is 10.7. The normalized spacial score (nSPS) is 23.6. The first-order chi connectivity index (χ1) is 13.7. The zero-order valence-electron chi connectivity index (χ0n) is 16.5. The van der Waals surface area contributed by atoms with Crippen LogP contribution in [-0.2, 0) is 25.6 Å². The fraction of sp³-hybridized carbons (Fsp3) is 0.579. The third-order valence-corrected chi connectivity index (χ3v) is 5.86. The number of thioether (sulfide) groups is 1. The van der Waals surface area contributed by atoms with Gasteiger partial charge in [-0.05, 0) is 44.2 Å². The average molecular weight is 424 g/mol. The molecule has 0 aliphatic carbocycles. The lowest BCUT2D eigenvalue weighted by atomic mass is 9.78. The second kappa shape index (κ2) is 8.58. The Labute approximate surface area is 172 Å². The molecule has 2 aliphatic heterocycles. The maximum Gasteiger partial charge on any atom is 0.508 e. The van der Waals surface area contributed by atoms with E-state index in [0.29, 0.717) is 24.3 Å². The van der Waals surface area contributed by atoms with E-state index in [1.54, 1.807) is 4.90 Å². The van der Waals surface area contributed by atoms with Crippen molar-refractivity contribution in [3.8, 4) is 0 Å². The Morgan fingerprint density at radius 1 is 1.41 bits per heavy atom. The highest BCUT2D eigenvalue weighted by molar-refractivity contribution is 7.98. The lowest BCUT2D eigenvalue weighted by Crippen LogP contribution is -2.74. The molecule has 2 fully saturated rings. The van der Waals surface area contributed by atoms with Gasteiger partial charge in [-0.25, -0.2) is 4.79 Å². The molecule has 0 bridgehead atoms. The number of carbonyl (C=O) groups excluding carboxylic acids is 2. The fourth-order valence-electron chi connectivity index (χ4n) is 3.84. The number of non-ortho nitro benzene ring substituents is 1. The largest absolute Gasteiger partial charge is 0.508 e. The summed E-state index contributed by atoms with van der Waals surface area (Å²) >= 11 is 1.49. The number of carbonyl (C=O) groups is 2. The van der Waals surface area contributed by atoms with Gasteiger partial charge in [0.2, 0.25) is 5.91 Å². The van der Waals surface area contributed by atoms with Crippen LogP contribution < -0.4 is 0 Å². The van der Waals surface area contributed by atoms with Crippen molar-refractivity contribution in [2.75, 3.05) is 18.6 Å². The zero-order chi connectivity index (χ0) is 21.2. The van der Waals surface area contributed by atoms with E-state index in [2.05, 4.69) is 0 Å². The summed E-state index contributed by atoms with van der Waals surface area (Å²) in [6.07, 6.45) is 1.14. The molecule has 10 heteroatoms. The topological polar surface area (TPSA) is 108 Å². The van der Waals surface area contributed by atoms with Crippen molar-refractivity contribution in [1.82, 2.24) is 4.90 Å². The minimum atomic E-state index is -0.861. The van der Waals surface area contributed by atoms with E-state index in [4.69, 9.17) is 14.2 Å². The molecule has 9 nitrogen and oxygen atoms in total. The molecule has 3 rings (SSSR count). The summed E-state index contributed by atoms with van der Waals surface area (Å²) < 4.78 is 16.3. The Morgan fingerprint density at radius 2 is 2.10 bits per heavy atom. The molecule has 2 aliphatic rings. The second-order valence-electron chi connectivity index (χ2n) is 7.46. The lowest BCUT2D eigenvalue weighted by molar-refractivity contribution is -0.384. The number of hydrogen-bond donors (Lipinski definition) is 0. The summed E-state index contributed by atoms with van der Waals surface area (Å²) in [6.45, 7) is 4.19. The van der Waals surface area contributed by atoms with Gasteiger partial charge in [0.25, 0.3) is 5.69 Å². The first-order valence-electron chi connectivity index (χ1n) is 9.27. The highest BCUT2D eigenvalue weighted by atomic mass is 32.2. The number of nitro benzene ring substituents is 1. The molecule has 158 valence electrons. The number of benzene rings is 1. The molecule has 0 saturated carbocycles. The third-order valence-electron chi connectivity index (χ3n) is 5.20. The number of nitrogens with zero attached hydrogens (tertiary/aromatic N) is 2. The smallest absolute Gasteiger partial charge is 0.429 e. The Kier molecular flexibility index (Phi) is 6.33. The van der Waals surface area contributed by atoms with Crippen molar-refractivity contribution in [1.29, 1.82) is 0 Å². The Hall–Kier alpha value is -2.33. The van der Waals surface area contributed by atoms with Crippen molar-refractivity contribution < 1.29 is 28.7 Å². The van der Waals surface area contributed by atoms with Crippen LogP contribution in [0.25, 0.3) is 0 Å². The lowest BCUT2D eigenvalue weighted by Gasteiger charge is -2.58. The van der Waals surface area contributed by atoms with E-state index in [0.717, 1.165) is 0 Å². The van der Waals surface area contributed by atoms with Crippen LogP contribution in [-0.4, -0.2) is 58.4 Å². The summed E-state index contributed by atoms with van der Waals surface area (Å²) in [4.78, 5) is 36.8. The second-order valence-corrected chi connectivity index (χ2v) is 8.37. The van der Waals surface area contributed by atoms with E-state index < -0.39 is 28.8 Å². The Balaban J connectivity index is 1.58. The summed E-state index contributed by atoms with van der Waals surface area (Å²) in [5.41, 5.74) is -0.0913. The maximum atomic E-state index is 12.7. The van der Waals surface area contributed by atoms with Crippen molar-refractivity contribution in [3.63, 3.8) is 0 Å². The molecule has 0 radical (unpaired) electrons. The van der Waals surface area contributed by atoms with Gasteiger partial charge < -0.3 is 19.1 Å². The zero-order valence-corrected chi connectivity index (χ0v) is 17.3. The van der Waals surface area contributed by atoms with Crippen LogP contribution in [0.3, 0.4) is 0 Å². The highest BCUT2D eigenvalue weighted by Gasteiger charge is 2.58. The van der Waals surface area contributed by atoms with E-state index in [1.807, 2.05) is 20.1 Å². The van der Waals surface area contributed by atoms with Crippen LogP contribution in [0, 0.1) is 16.0 Å². The predicted octanol–water partition coefficient (Wildman–Crippen LogP) is 2.96. The van der Waals surface area contributed by atoms with Crippen LogP contribution in [0.1, 0.15) is 25.8 Å². The number of ether oxygens (including phenoxy) is 3. The van der Waals surface area contributed by atoms with Crippen LogP contribution >= 0.6 is 11.8 Å². The molecule has 1 amide bonds. The highest BCUT2D eigenvalue weighted by Crippen LogP contribution is 2.42. The van der Waals surface area contributed by atoms with Crippen LogP contribution in [0.2, 0.25) is 0 Å². The number of rotatable bonds is 7. The van der Waals surface area contributed by atoms with Crippen molar-refractivity contribution in [2.45, 2.75) is 44.7 Å². The fourth-order valence-corrected chi connectivity index (χ4v) is 4.44. The van der Waals surface area contributed by atoms with Crippen LogP contribution in [0.5, 0.6) is 0 Å². The molecule has 1 aromatic carbocycles. The first-order valence-corrected chi connectivity index (χ1v) is 10.7. The van der Waals surface area contributed by atoms with Crippen molar-refractivity contribution >= 4 is 29.5 Å². The Morgan fingerprint density at radius 3 is 2.72 bits per heavy atom. The average Bonchev–Trinajstić information content (AvgIpc) is 2.65. The van der Waals surface area contributed by atoms with Crippen molar-refractivity contribution in [2.24, 2.45) is 5.92 Å². The third kappa shape index (κ3) is 4.48. The number of fused-ring (bicyclic) bond motifs is 1. The van der Waals surface area contributed by atoms with E-state index in [-0.39, 0.29) is 24.2 Å². The minimum Gasteiger partial charge on any atom is -0.429 e. The molecule has 0 N–H and O–H groups in total. The number of amides is 1. The summed E-state index contributed by atoms with van der Waals surface area (Å²) in [7, 11) is 0. The van der Waals surface area contributed by atoms with Gasteiger partial charge in [0, 0.05) is 17.9 Å². The van der Waals surface area contributed by atoms with Gasteiger partial charge in [-0.15, -0.1) is 0 Å². The summed E-state index contributed by atoms with van der Waals surface area (Å²) in [5.74, 6) is -0.00579. The van der Waals surface area contributed by atoms with Crippen LogP contribution in [0.15, 0.2) is 24.3 Å². The molecule has 2 saturated heterocycles. The molecule has 1 aromatic rings. The number of nitro groups is 1. The van der Waals surface area contributed by atoms with Gasteiger partial charge in [-0.2, -0.15) is 11.8 Å². The number of β-lactam (4-membered cyclic amide) rings is 1. The molecule has 3 atom stereocenters. The molecular formula is C19H24N2O7S. The quantitative estimate of drug-likeness (QED) is 0.284. The molecular weight excluding hydrogens is 400 g/mol. The van der Waals surface area contributed by atoms with E-state index in [9.17, 15) is 19.7 Å². The van der Waals surface area contributed by atoms with Gasteiger partial charge in [-0.3, -0.25) is 14.9 Å². The molecule has 2 heterocycles. The summed E-state index contributed by atoms with van der Waals surface area (Å²) in [6, 6.07) is 5.69. The van der Waals surface area contributed by atoms with Crippen molar-refractivity contribution in [3.05, 3.63) is 39.9 Å². The van der Waals surface area contributed by atoms with E-state index in [1.165, 1.54) is 36.0 Å². The molecule has 0 unspecified atom stereocenters. The van der Waals surface area contributed by atoms with Crippen LogP contribution in [0.4, 0.5) is 10.5 Å². The molecule has 0 spiro atoms. The first kappa shape index (κ1) is 21.4. The number of hydrogen-bond acceptors (Lipinski definition) is 8. The SMILES string of the molecule is CSC[C@H](OC(=O)OCc1ccc([N+](=O)[O-])cc1)[C@@H]1C(=O)N2[C@@H]1CCOC2(C)C. The maximum absolute atomic E-state index is 12.7. The standard InChI is InChI=1S/C19H24N2O7S/c1-19(2)20-14(8-9-27-19)16(17(20)22)15(11-29-3)28-18(23)26-10-12-4-6-13(7-5-12)21(24)25/h4-7,14-16H,8-11H2,1-3H3/t14-,15+,16-/m1/s1. The molecule has 0 aromatic heterocycles. The van der Waals surface area contributed by atoms with Gasteiger partial charge in [0.05, 0.1) is 23.5 Å². The van der Waals surface area contributed by atoms with Gasteiger partial charge >= 0.3 is 6.16 Å². The predicted molar refractivity (Wildman–Crippen MR) is 105 cm³/mol. The van der Waals surface area contributed by atoms with Gasteiger partial charge in [0.15, 0.2) is 0 Å². The van der Waals surface area contributed by atoms with E-state index >= 15 is 0 Å². The van der Waals surface area contributed by atoms with Gasteiger partial charge in [0.1, 0.15) is 18.4 Å². The minimum absolute atomic E-state index is 0.0223. The van der Waals surface area contributed by atoms with Gasteiger partial charge in [-0.1, -0.05) is 0 Å². The molecule has 29 heavy (non-hydrogen) atoms. The Bertz CT molecular complexity index is 783. The monoisotopic (exact) mass is 424 g/mol.